The summed E-state index contributed by atoms with van der Waals surface area (Å²) in [5.41, 5.74) is 4.52. The van der Waals surface area contributed by atoms with Gasteiger partial charge in [-0.05, 0) is 28.3 Å². The van der Waals surface area contributed by atoms with E-state index in [2.05, 4.69) is 5.32 Å². The van der Waals surface area contributed by atoms with Gasteiger partial charge in [0.2, 0.25) is 0 Å². The number of aliphatic hydroxyl groups is 1. The van der Waals surface area contributed by atoms with Crippen molar-refractivity contribution in [2.45, 2.75) is 18.1 Å². The van der Waals surface area contributed by atoms with Crippen molar-refractivity contribution in [2.24, 2.45) is 0 Å². The first-order chi connectivity index (χ1) is 16.5. The number of ether oxygens (including phenoxy) is 3. The minimum atomic E-state index is -1.94. The number of hydrogen-bond donors (Lipinski definition) is 3. The molecule has 0 saturated heterocycles. The smallest absolute Gasteiger partial charge is 0.407 e. The molecule has 0 bridgehead atoms. The van der Waals surface area contributed by atoms with Crippen molar-refractivity contribution in [1.29, 1.82) is 0 Å². The SMILES string of the molecule is COc1cccc([C@@H](NC(=O)OCC2c3ccccc3-c3ccccc32)[C@@H](O)C(=O)O)c1OC. The molecule has 0 unspecified atom stereocenters. The fourth-order valence-corrected chi connectivity index (χ4v) is 4.39. The molecule has 0 saturated carbocycles. The van der Waals surface area contributed by atoms with E-state index in [-0.39, 0.29) is 23.8 Å². The van der Waals surface area contributed by atoms with Crippen LogP contribution in [0.2, 0.25) is 0 Å². The zero-order chi connectivity index (χ0) is 24.2. The quantitative estimate of drug-likeness (QED) is 0.466. The third-order valence-corrected chi connectivity index (χ3v) is 5.95. The molecule has 4 rings (SSSR count). The van der Waals surface area contributed by atoms with Crippen molar-refractivity contribution in [3.8, 4) is 22.6 Å². The van der Waals surface area contributed by atoms with E-state index < -0.39 is 24.2 Å². The molecule has 1 aliphatic carbocycles. The van der Waals surface area contributed by atoms with Crippen LogP contribution in [0.4, 0.5) is 4.79 Å². The molecule has 2 atom stereocenters. The molecule has 8 heteroatoms. The maximum atomic E-state index is 12.8. The highest BCUT2D eigenvalue weighted by Gasteiger charge is 2.34. The van der Waals surface area contributed by atoms with Gasteiger partial charge in [-0.3, -0.25) is 0 Å². The Kier molecular flexibility index (Phi) is 6.70. The Bertz CT molecular complexity index is 1160. The minimum absolute atomic E-state index is 0.0466. The number of amides is 1. The molecule has 8 nitrogen and oxygen atoms in total. The summed E-state index contributed by atoms with van der Waals surface area (Å²) in [6.07, 6.45) is -2.81. The van der Waals surface area contributed by atoms with Gasteiger partial charge in [-0.2, -0.15) is 0 Å². The largest absolute Gasteiger partial charge is 0.493 e. The van der Waals surface area contributed by atoms with E-state index >= 15 is 0 Å². The van der Waals surface area contributed by atoms with Gasteiger partial charge >= 0.3 is 12.1 Å². The van der Waals surface area contributed by atoms with E-state index in [4.69, 9.17) is 14.2 Å². The Hall–Kier alpha value is -4.04. The van der Waals surface area contributed by atoms with Crippen molar-refractivity contribution in [1.82, 2.24) is 5.32 Å². The standard InChI is InChI=1S/C26H25NO7/c1-32-21-13-7-12-19(24(21)33-2)22(23(28)25(29)30)27-26(31)34-14-20-17-10-5-3-8-15(17)16-9-4-6-11-18(16)20/h3-13,20,22-23,28H,14H2,1-2H3,(H,27,31)(H,29,30)/t22-,23-/m1/s1. The van der Waals surface area contributed by atoms with E-state index in [9.17, 15) is 19.8 Å². The number of aliphatic hydroxyl groups excluding tert-OH is 1. The molecule has 1 aliphatic rings. The van der Waals surface area contributed by atoms with Gasteiger partial charge in [0.05, 0.1) is 20.3 Å². The van der Waals surface area contributed by atoms with Gasteiger partial charge in [0.15, 0.2) is 17.6 Å². The van der Waals surface area contributed by atoms with E-state index in [1.165, 1.54) is 14.2 Å². The lowest BCUT2D eigenvalue weighted by molar-refractivity contribution is -0.148. The highest BCUT2D eigenvalue weighted by atomic mass is 16.5. The lowest BCUT2D eigenvalue weighted by atomic mass is 9.98. The Balaban J connectivity index is 1.56. The Morgan fingerprint density at radius 2 is 1.53 bits per heavy atom. The predicted octanol–water partition coefficient (Wildman–Crippen LogP) is 3.73. The molecule has 3 aromatic rings. The third kappa shape index (κ3) is 4.27. The second kappa shape index (κ2) is 9.84. The average molecular weight is 463 g/mol. The van der Waals surface area contributed by atoms with Crippen LogP contribution in [0.1, 0.15) is 28.7 Å². The number of nitrogens with one attached hydrogen (secondary N) is 1. The van der Waals surface area contributed by atoms with Crippen LogP contribution in [0.25, 0.3) is 11.1 Å². The zero-order valence-electron chi connectivity index (χ0n) is 18.7. The van der Waals surface area contributed by atoms with Crippen LogP contribution in [-0.2, 0) is 9.53 Å². The first-order valence-electron chi connectivity index (χ1n) is 10.7. The number of carbonyl (C=O) groups excluding carboxylic acids is 1. The lowest BCUT2D eigenvalue weighted by Gasteiger charge is -2.24. The number of alkyl carbamates (subject to hydrolysis) is 1. The van der Waals surface area contributed by atoms with Gasteiger partial charge in [-0.15, -0.1) is 0 Å². The molecule has 3 N–H and O–H groups in total. The van der Waals surface area contributed by atoms with E-state index in [0.717, 1.165) is 22.3 Å². The maximum Gasteiger partial charge on any atom is 0.407 e. The van der Waals surface area contributed by atoms with Gasteiger partial charge in [-0.25, -0.2) is 9.59 Å². The average Bonchev–Trinajstić information content (AvgIpc) is 3.18. The highest BCUT2D eigenvalue weighted by molar-refractivity contribution is 5.79. The highest BCUT2D eigenvalue weighted by Crippen LogP contribution is 2.44. The first-order valence-corrected chi connectivity index (χ1v) is 10.7. The molecule has 0 heterocycles. The summed E-state index contributed by atoms with van der Waals surface area (Å²) in [6.45, 7) is 0.0466. The summed E-state index contributed by atoms with van der Waals surface area (Å²) in [7, 11) is 2.82. The number of hydrogen-bond acceptors (Lipinski definition) is 6. The van der Waals surface area contributed by atoms with Crippen LogP contribution in [0.3, 0.4) is 0 Å². The van der Waals surface area contributed by atoms with Gasteiger partial charge in [0.25, 0.3) is 0 Å². The summed E-state index contributed by atoms with van der Waals surface area (Å²) >= 11 is 0. The number of carboxylic acids is 1. The number of aliphatic carboxylic acids is 1. The summed E-state index contributed by atoms with van der Waals surface area (Å²) in [5, 5.41) is 22.3. The van der Waals surface area contributed by atoms with Crippen LogP contribution in [0.15, 0.2) is 66.7 Å². The summed E-state index contributed by atoms with van der Waals surface area (Å²) < 4.78 is 16.1. The van der Waals surface area contributed by atoms with Gasteiger partial charge < -0.3 is 29.7 Å². The van der Waals surface area contributed by atoms with Crippen LogP contribution >= 0.6 is 0 Å². The van der Waals surface area contributed by atoms with Crippen molar-refractivity contribution in [3.63, 3.8) is 0 Å². The topological polar surface area (TPSA) is 114 Å². The normalized spacial score (nSPS) is 13.9. The second-order valence-electron chi connectivity index (χ2n) is 7.81. The summed E-state index contributed by atoms with van der Waals surface area (Å²) in [5.74, 6) is -1.13. The number of carboxylic acid groups (broad SMARTS) is 1. The molecule has 0 aromatic heterocycles. The number of fused-ring (bicyclic) bond motifs is 3. The lowest BCUT2D eigenvalue weighted by Crippen LogP contribution is -2.41. The minimum Gasteiger partial charge on any atom is -0.493 e. The van der Waals surface area contributed by atoms with Crippen molar-refractivity contribution in [3.05, 3.63) is 83.4 Å². The van der Waals surface area contributed by atoms with Crippen molar-refractivity contribution in [2.75, 3.05) is 20.8 Å². The van der Waals surface area contributed by atoms with Gasteiger partial charge in [-0.1, -0.05) is 60.7 Å². The third-order valence-electron chi connectivity index (χ3n) is 5.95. The van der Waals surface area contributed by atoms with E-state index in [1.54, 1.807) is 18.2 Å². The molecule has 0 aliphatic heterocycles. The van der Waals surface area contributed by atoms with E-state index in [0.29, 0.717) is 5.75 Å². The number of para-hydroxylation sites is 1. The zero-order valence-corrected chi connectivity index (χ0v) is 18.7. The van der Waals surface area contributed by atoms with Crippen LogP contribution < -0.4 is 14.8 Å². The number of carbonyl (C=O) groups is 2. The molecule has 0 radical (unpaired) electrons. The molecule has 0 fully saturated rings. The molecule has 34 heavy (non-hydrogen) atoms. The monoisotopic (exact) mass is 463 g/mol. The first kappa shape index (κ1) is 23.1. The van der Waals surface area contributed by atoms with E-state index in [1.807, 2.05) is 48.5 Å². The summed E-state index contributed by atoms with van der Waals surface area (Å²) in [6, 6.07) is 19.3. The fraction of sp³-hybridized carbons (Fsp3) is 0.231. The number of rotatable bonds is 8. The molecule has 1 amide bonds. The van der Waals surface area contributed by atoms with Crippen LogP contribution in [0.5, 0.6) is 11.5 Å². The van der Waals surface area contributed by atoms with Crippen molar-refractivity contribution < 1.29 is 34.0 Å². The molecular formula is C26H25NO7. The van der Waals surface area contributed by atoms with Gasteiger partial charge in [0.1, 0.15) is 6.61 Å². The Morgan fingerprint density at radius 1 is 0.912 bits per heavy atom. The maximum absolute atomic E-state index is 12.8. The molecule has 0 spiro atoms. The number of methoxy groups -OCH3 is 2. The fourth-order valence-electron chi connectivity index (χ4n) is 4.39. The number of benzene rings is 3. The van der Waals surface area contributed by atoms with Gasteiger partial charge in [0, 0.05) is 11.5 Å². The van der Waals surface area contributed by atoms with Crippen LogP contribution in [-0.4, -0.2) is 49.2 Å². The Morgan fingerprint density at radius 3 is 2.09 bits per heavy atom. The molecular weight excluding hydrogens is 438 g/mol. The Labute approximate surface area is 196 Å². The molecule has 3 aromatic carbocycles. The second-order valence-corrected chi connectivity index (χ2v) is 7.81. The molecule has 176 valence electrons. The van der Waals surface area contributed by atoms with Crippen molar-refractivity contribution >= 4 is 12.1 Å². The summed E-state index contributed by atoms with van der Waals surface area (Å²) in [4.78, 5) is 24.4. The van der Waals surface area contributed by atoms with Crippen LogP contribution in [0, 0.1) is 0 Å². The predicted molar refractivity (Wildman–Crippen MR) is 124 cm³/mol.